The Balaban J connectivity index is 1.85. The van der Waals surface area contributed by atoms with Gasteiger partial charge in [0.05, 0.1) is 12.2 Å². The zero-order valence-corrected chi connectivity index (χ0v) is 15.1. The van der Waals surface area contributed by atoms with Crippen LogP contribution in [0.15, 0.2) is 23.6 Å². The Morgan fingerprint density at radius 1 is 1.15 bits per heavy atom. The number of ether oxygens (including phenoxy) is 1. The van der Waals surface area contributed by atoms with Crippen molar-refractivity contribution >= 4 is 34.8 Å². The minimum atomic E-state index is -1.72. The van der Waals surface area contributed by atoms with Gasteiger partial charge in [-0.3, -0.25) is 9.59 Å². The third kappa shape index (κ3) is 5.07. The highest BCUT2D eigenvalue weighted by Crippen LogP contribution is 2.19. The summed E-state index contributed by atoms with van der Waals surface area (Å²) in [6.07, 6.45) is -1.17. The summed E-state index contributed by atoms with van der Waals surface area (Å²) < 4.78 is 44.5. The molecule has 0 radical (unpaired) electrons. The second kappa shape index (κ2) is 8.67. The molecule has 10 heteroatoms. The van der Waals surface area contributed by atoms with Crippen LogP contribution in [0.3, 0.4) is 0 Å². The molecule has 2 amide bonds. The monoisotopic (exact) mass is 400 g/mol. The Morgan fingerprint density at radius 2 is 1.85 bits per heavy atom. The molecule has 1 unspecified atom stereocenters. The standard InChI is InChI=1S/C17H15F3N2O4S/c1-8-5-6-27-15(8)17(25)26-9(2)16(24)21-7-12(23)22-11-4-3-10(18)13(19)14(11)20/h3-6,9H,7H2,1-2H3,(H,21,24)(H,22,23). The van der Waals surface area contributed by atoms with Crippen molar-refractivity contribution in [2.45, 2.75) is 20.0 Å². The second-order valence-corrected chi connectivity index (χ2v) is 6.39. The third-order valence-electron chi connectivity index (χ3n) is 3.43. The molecule has 0 spiro atoms. The number of nitrogens with one attached hydrogen (secondary N) is 2. The maximum atomic E-state index is 13.5. The van der Waals surface area contributed by atoms with Crippen LogP contribution in [0.1, 0.15) is 22.2 Å². The van der Waals surface area contributed by atoms with E-state index in [1.807, 2.05) is 5.32 Å². The molecule has 0 aliphatic rings. The van der Waals surface area contributed by atoms with Gasteiger partial charge in [0, 0.05) is 0 Å². The second-order valence-electron chi connectivity index (χ2n) is 5.47. The normalized spacial score (nSPS) is 11.6. The molecule has 1 aromatic heterocycles. The fourth-order valence-electron chi connectivity index (χ4n) is 1.98. The number of esters is 1. The van der Waals surface area contributed by atoms with E-state index < -0.39 is 53.6 Å². The van der Waals surface area contributed by atoms with Gasteiger partial charge in [-0.15, -0.1) is 11.3 Å². The average molecular weight is 400 g/mol. The van der Waals surface area contributed by atoms with Crippen LogP contribution in [0.2, 0.25) is 0 Å². The van der Waals surface area contributed by atoms with Crippen molar-refractivity contribution in [1.29, 1.82) is 0 Å². The quantitative estimate of drug-likeness (QED) is 0.577. The van der Waals surface area contributed by atoms with Gasteiger partial charge in [-0.2, -0.15) is 0 Å². The molecule has 2 N–H and O–H groups in total. The molecule has 0 saturated carbocycles. The zero-order chi connectivity index (χ0) is 20.1. The van der Waals surface area contributed by atoms with E-state index in [0.717, 1.165) is 6.07 Å². The van der Waals surface area contributed by atoms with Gasteiger partial charge in [0.2, 0.25) is 5.91 Å². The van der Waals surface area contributed by atoms with Crippen molar-refractivity contribution < 1.29 is 32.3 Å². The number of thiophene rings is 1. The van der Waals surface area contributed by atoms with Crippen molar-refractivity contribution in [3.8, 4) is 0 Å². The highest BCUT2D eigenvalue weighted by molar-refractivity contribution is 7.12. The van der Waals surface area contributed by atoms with E-state index in [9.17, 15) is 27.6 Å². The van der Waals surface area contributed by atoms with Gasteiger partial charge in [0.1, 0.15) is 4.88 Å². The Bertz CT molecular complexity index is 885. The van der Waals surface area contributed by atoms with Gasteiger partial charge in [-0.05, 0) is 43.0 Å². The average Bonchev–Trinajstić information content (AvgIpc) is 3.06. The molecular weight excluding hydrogens is 385 g/mol. The number of carbonyl (C=O) groups excluding carboxylic acids is 3. The number of aryl methyl sites for hydroxylation is 1. The SMILES string of the molecule is Cc1ccsc1C(=O)OC(C)C(=O)NCC(=O)Nc1ccc(F)c(F)c1F. The summed E-state index contributed by atoms with van der Waals surface area (Å²) in [7, 11) is 0. The van der Waals surface area contributed by atoms with Crippen LogP contribution < -0.4 is 10.6 Å². The van der Waals surface area contributed by atoms with Crippen LogP contribution in [-0.4, -0.2) is 30.4 Å². The lowest BCUT2D eigenvalue weighted by atomic mass is 10.2. The lowest BCUT2D eigenvalue weighted by Crippen LogP contribution is -2.40. The minimum Gasteiger partial charge on any atom is -0.448 e. The summed E-state index contributed by atoms with van der Waals surface area (Å²) in [6.45, 7) is 2.46. The van der Waals surface area contributed by atoms with Gasteiger partial charge >= 0.3 is 5.97 Å². The largest absolute Gasteiger partial charge is 0.448 e. The van der Waals surface area contributed by atoms with Crippen molar-refractivity contribution in [2.24, 2.45) is 0 Å². The summed E-state index contributed by atoms with van der Waals surface area (Å²) in [5, 5.41) is 5.91. The lowest BCUT2D eigenvalue weighted by Gasteiger charge is -2.13. The van der Waals surface area contributed by atoms with E-state index in [1.165, 1.54) is 18.3 Å². The molecule has 2 rings (SSSR count). The molecule has 0 aliphatic carbocycles. The molecule has 27 heavy (non-hydrogen) atoms. The summed E-state index contributed by atoms with van der Waals surface area (Å²) in [5.41, 5.74) is 0.145. The number of halogens is 3. The zero-order valence-electron chi connectivity index (χ0n) is 14.3. The number of hydrogen-bond donors (Lipinski definition) is 2. The van der Waals surface area contributed by atoms with Crippen molar-refractivity contribution in [3.05, 3.63) is 51.5 Å². The van der Waals surface area contributed by atoms with Gasteiger partial charge in [0.25, 0.3) is 5.91 Å². The number of carbonyl (C=O) groups is 3. The predicted octanol–water partition coefficient (Wildman–Crippen LogP) is 2.77. The summed E-state index contributed by atoms with van der Waals surface area (Å²) >= 11 is 1.17. The lowest BCUT2D eigenvalue weighted by molar-refractivity contribution is -0.130. The number of amides is 2. The first kappa shape index (κ1) is 20.4. The first-order chi connectivity index (χ1) is 12.7. The van der Waals surface area contributed by atoms with Crippen LogP contribution in [0.4, 0.5) is 18.9 Å². The van der Waals surface area contributed by atoms with Crippen molar-refractivity contribution in [1.82, 2.24) is 5.32 Å². The van der Waals surface area contributed by atoms with E-state index in [-0.39, 0.29) is 0 Å². The Kier molecular flexibility index (Phi) is 6.56. The maximum Gasteiger partial charge on any atom is 0.349 e. The van der Waals surface area contributed by atoms with Crippen molar-refractivity contribution in [3.63, 3.8) is 0 Å². The third-order valence-corrected chi connectivity index (χ3v) is 4.43. The summed E-state index contributed by atoms with van der Waals surface area (Å²) in [5.74, 6) is -6.96. The fourth-order valence-corrected chi connectivity index (χ4v) is 2.78. The smallest absolute Gasteiger partial charge is 0.349 e. The molecule has 6 nitrogen and oxygen atoms in total. The van der Waals surface area contributed by atoms with Crippen LogP contribution in [-0.2, 0) is 14.3 Å². The predicted molar refractivity (Wildman–Crippen MR) is 91.9 cm³/mol. The molecule has 1 aromatic carbocycles. The van der Waals surface area contributed by atoms with Gasteiger partial charge in [-0.25, -0.2) is 18.0 Å². The van der Waals surface area contributed by atoms with Gasteiger partial charge in [-0.1, -0.05) is 0 Å². The van der Waals surface area contributed by atoms with E-state index in [4.69, 9.17) is 4.74 Å². The molecule has 0 fully saturated rings. The Hall–Kier alpha value is -2.88. The summed E-state index contributed by atoms with van der Waals surface area (Å²) in [4.78, 5) is 35.9. The van der Waals surface area contributed by atoms with Gasteiger partial charge < -0.3 is 15.4 Å². The number of benzene rings is 1. The number of anilines is 1. The molecule has 0 bridgehead atoms. The maximum absolute atomic E-state index is 13.5. The minimum absolute atomic E-state index is 0.362. The van der Waals surface area contributed by atoms with Crippen LogP contribution in [0.5, 0.6) is 0 Å². The Labute approximate surface area is 156 Å². The van der Waals surface area contributed by atoms with Crippen molar-refractivity contribution in [2.75, 3.05) is 11.9 Å². The molecule has 0 saturated heterocycles. The van der Waals surface area contributed by atoms with E-state index >= 15 is 0 Å². The molecule has 0 aliphatic heterocycles. The first-order valence-corrected chi connectivity index (χ1v) is 8.54. The molecule has 1 atom stereocenters. The highest BCUT2D eigenvalue weighted by Gasteiger charge is 2.21. The van der Waals surface area contributed by atoms with Crippen LogP contribution >= 0.6 is 11.3 Å². The fraction of sp³-hybridized carbons (Fsp3) is 0.235. The van der Waals surface area contributed by atoms with Crippen LogP contribution in [0, 0.1) is 24.4 Å². The highest BCUT2D eigenvalue weighted by atomic mass is 32.1. The number of hydrogen-bond acceptors (Lipinski definition) is 5. The van der Waals surface area contributed by atoms with Crippen LogP contribution in [0.25, 0.3) is 0 Å². The molecule has 2 aromatic rings. The number of rotatable bonds is 6. The van der Waals surface area contributed by atoms with E-state index in [2.05, 4.69) is 5.32 Å². The van der Waals surface area contributed by atoms with E-state index in [1.54, 1.807) is 18.4 Å². The first-order valence-electron chi connectivity index (χ1n) is 7.66. The summed E-state index contributed by atoms with van der Waals surface area (Å²) in [6, 6.07) is 3.23. The topological polar surface area (TPSA) is 84.5 Å². The Morgan fingerprint density at radius 3 is 2.48 bits per heavy atom. The molecular formula is C17H15F3N2O4S. The molecule has 144 valence electrons. The van der Waals surface area contributed by atoms with Gasteiger partial charge in [0.15, 0.2) is 23.6 Å². The molecule has 1 heterocycles. The van der Waals surface area contributed by atoms with E-state index in [0.29, 0.717) is 16.5 Å².